The van der Waals surface area contributed by atoms with Gasteiger partial charge in [-0.3, -0.25) is 0 Å². The average molecular weight is 470 g/mol. The second-order valence-electron chi connectivity index (χ2n) is 5.14. The molecule has 27 heavy (non-hydrogen) atoms. The van der Waals surface area contributed by atoms with E-state index in [1.54, 1.807) is 18.2 Å². The summed E-state index contributed by atoms with van der Waals surface area (Å²) in [6, 6.07) is 7.97. The number of benzene rings is 2. The Morgan fingerprint density at radius 1 is 1.04 bits per heavy atom. The number of rotatable bonds is 7. The molecule has 0 aliphatic rings. The van der Waals surface area contributed by atoms with E-state index in [-0.39, 0.29) is 11.0 Å². The zero-order valence-corrected chi connectivity index (χ0v) is 16.5. The number of ether oxygens (including phenoxy) is 3. The van der Waals surface area contributed by atoms with Gasteiger partial charge in [0, 0.05) is 22.6 Å². The first-order chi connectivity index (χ1) is 12.6. The van der Waals surface area contributed by atoms with Crippen LogP contribution in [0, 0.1) is 0 Å². The van der Waals surface area contributed by atoms with Crippen molar-refractivity contribution in [3.63, 3.8) is 0 Å². The third-order valence-corrected chi connectivity index (χ3v) is 5.30. The second-order valence-corrected chi connectivity index (χ2v) is 7.79. The average Bonchev–Trinajstić information content (AvgIpc) is 2.58. The number of halogens is 4. The molecule has 0 amide bonds. The molecule has 0 radical (unpaired) electrons. The van der Waals surface area contributed by atoms with Crippen molar-refractivity contribution in [2.24, 2.45) is 0 Å². The molecule has 0 unspecified atom stereocenters. The molecule has 1 N–H and O–H groups in total. The standard InChI is InChI=1S/C16H15BrF3NO5S/c1-24-12-5-3-10(13(8-12)25-2)9-21-27(22,23)15-6-4-11(17)7-14(15)26-16(18,19)20/h3-8,21H,9H2,1-2H3. The van der Waals surface area contributed by atoms with E-state index in [0.717, 1.165) is 12.1 Å². The highest BCUT2D eigenvalue weighted by Gasteiger charge is 2.34. The van der Waals surface area contributed by atoms with Gasteiger partial charge < -0.3 is 14.2 Å². The Morgan fingerprint density at radius 3 is 2.33 bits per heavy atom. The summed E-state index contributed by atoms with van der Waals surface area (Å²) in [6.45, 7) is -0.211. The lowest BCUT2D eigenvalue weighted by atomic mass is 10.2. The van der Waals surface area contributed by atoms with E-state index in [4.69, 9.17) is 9.47 Å². The highest BCUT2D eigenvalue weighted by atomic mass is 79.9. The number of methoxy groups -OCH3 is 2. The SMILES string of the molecule is COc1ccc(CNS(=O)(=O)c2ccc(Br)cc2OC(F)(F)F)c(OC)c1. The molecule has 0 heterocycles. The zero-order valence-electron chi connectivity index (χ0n) is 14.1. The largest absolute Gasteiger partial charge is 0.573 e. The molecule has 0 aromatic heterocycles. The summed E-state index contributed by atoms with van der Waals surface area (Å²) in [4.78, 5) is -0.643. The highest BCUT2D eigenvalue weighted by Crippen LogP contribution is 2.32. The number of hydrogen-bond donors (Lipinski definition) is 1. The summed E-state index contributed by atoms with van der Waals surface area (Å²) in [5.74, 6) is 0.0259. The van der Waals surface area contributed by atoms with Crippen molar-refractivity contribution in [3.8, 4) is 17.2 Å². The maximum Gasteiger partial charge on any atom is 0.573 e. The van der Waals surface area contributed by atoms with Crippen molar-refractivity contribution >= 4 is 26.0 Å². The molecule has 2 rings (SSSR count). The van der Waals surface area contributed by atoms with Crippen molar-refractivity contribution in [3.05, 3.63) is 46.4 Å². The van der Waals surface area contributed by atoms with E-state index in [2.05, 4.69) is 25.4 Å². The summed E-state index contributed by atoms with van der Waals surface area (Å²) < 4.78 is 79.3. The van der Waals surface area contributed by atoms with Crippen molar-refractivity contribution in [2.45, 2.75) is 17.8 Å². The molecule has 0 atom stereocenters. The molecule has 0 fully saturated rings. The predicted molar refractivity (Wildman–Crippen MR) is 94.4 cm³/mol. The first-order valence-corrected chi connectivity index (χ1v) is 9.59. The first-order valence-electron chi connectivity index (χ1n) is 7.31. The Bertz CT molecular complexity index is 919. The fourth-order valence-corrected chi connectivity index (χ4v) is 3.61. The van der Waals surface area contributed by atoms with E-state index in [0.29, 0.717) is 17.1 Å². The van der Waals surface area contributed by atoms with Gasteiger partial charge in [0.05, 0.1) is 14.2 Å². The van der Waals surface area contributed by atoms with E-state index < -0.39 is 27.0 Å². The fourth-order valence-electron chi connectivity index (χ4n) is 2.16. The molecule has 11 heteroatoms. The van der Waals surface area contributed by atoms with Crippen molar-refractivity contribution in [2.75, 3.05) is 14.2 Å². The third-order valence-electron chi connectivity index (χ3n) is 3.37. The van der Waals surface area contributed by atoms with Crippen molar-refractivity contribution in [1.82, 2.24) is 4.72 Å². The predicted octanol–water partition coefficient (Wildman–Crippen LogP) is 3.84. The van der Waals surface area contributed by atoms with E-state index in [1.165, 1.54) is 20.3 Å². The molecule has 0 saturated carbocycles. The molecular weight excluding hydrogens is 455 g/mol. The van der Waals surface area contributed by atoms with E-state index in [9.17, 15) is 21.6 Å². The smallest absolute Gasteiger partial charge is 0.497 e. The number of nitrogens with one attached hydrogen (secondary N) is 1. The van der Waals surface area contributed by atoms with Gasteiger partial charge in [-0.25, -0.2) is 13.1 Å². The van der Waals surface area contributed by atoms with Crippen LogP contribution >= 0.6 is 15.9 Å². The third kappa shape index (κ3) is 5.75. The van der Waals surface area contributed by atoms with E-state index >= 15 is 0 Å². The molecule has 148 valence electrons. The van der Waals surface area contributed by atoms with Gasteiger partial charge in [0.15, 0.2) is 5.75 Å². The minimum atomic E-state index is -5.04. The molecule has 0 spiro atoms. The number of sulfonamides is 1. The zero-order chi connectivity index (χ0) is 20.2. The molecule has 0 bridgehead atoms. The number of alkyl halides is 3. The molecule has 2 aromatic rings. The van der Waals surface area contributed by atoms with Gasteiger partial charge in [-0.15, -0.1) is 13.2 Å². The monoisotopic (exact) mass is 469 g/mol. The minimum absolute atomic E-state index is 0.211. The van der Waals surface area contributed by atoms with Crippen LogP contribution in [0.1, 0.15) is 5.56 Å². The van der Waals surface area contributed by atoms with Crippen LogP contribution in [0.5, 0.6) is 17.2 Å². The Balaban J connectivity index is 2.30. The maximum absolute atomic E-state index is 12.6. The van der Waals surface area contributed by atoms with Gasteiger partial charge in [-0.2, -0.15) is 0 Å². The van der Waals surface area contributed by atoms with Crippen LogP contribution in [0.4, 0.5) is 13.2 Å². The molecular formula is C16H15BrF3NO5S. The Kier molecular flexibility index (Phi) is 6.60. The van der Waals surface area contributed by atoms with Crippen LogP contribution in [0.25, 0.3) is 0 Å². The topological polar surface area (TPSA) is 73.9 Å². The highest BCUT2D eigenvalue weighted by molar-refractivity contribution is 9.10. The van der Waals surface area contributed by atoms with Gasteiger partial charge in [0.25, 0.3) is 0 Å². The van der Waals surface area contributed by atoms with Gasteiger partial charge in [-0.1, -0.05) is 22.0 Å². The Morgan fingerprint density at radius 2 is 1.74 bits per heavy atom. The van der Waals surface area contributed by atoms with Crippen LogP contribution in [-0.2, 0) is 16.6 Å². The number of hydrogen-bond acceptors (Lipinski definition) is 5. The molecule has 0 aliphatic carbocycles. The summed E-state index contributed by atoms with van der Waals surface area (Å²) in [6.07, 6.45) is -5.04. The minimum Gasteiger partial charge on any atom is -0.497 e. The lowest BCUT2D eigenvalue weighted by Gasteiger charge is -2.15. The normalized spacial score (nSPS) is 11.9. The van der Waals surface area contributed by atoms with Crippen molar-refractivity contribution in [1.29, 1.82) is 0 Å². The van der Waals surface area contributed by atoms with Gasteiger partial charge in [-0.05, 0) is 24.3 Å². The lowest BCUT2D eigenvalue weighted by Crippen LogP contribution is -2.26. The maximum atomic E-state index is 12.6. The van der Waals surface area contributed by atoms with Crippen molar-refractivity contribution < 1.29 is 35.8 Å². The summed E-state index contributed by atoms with van der Waals surface area (Å²) >= 11 is 2.99. The van der Waals surface area contributed by atoms with Crippen LogP contribution in [0.15, 0.2) is 45.8 Å². The van der Waals surface area contributed by atoms with Gasteiger partial charge in [0.1, 0.15) is 16.4 Å². The van der Waals surface area contributed by atoms with Crippen LogP contribution in [-0.4, -0.2) is 29.0 Å². The van der Waals surface area contributed by atoms with Gasteiger partial charge in [0.2, 0.25) is 10.0 Å². The lowest BCUT2D eigenvalue weighted by molar-refractivity contribution is -0.275. The van der Waals surface area contributed by atoms with Crippen LogP contribution in [0.2, 0.25) is 0 Å². The molecule has 6 nitrogen and oxygen atoms in total. The molecule has 0 aliphatic heterocycles. The molecule has 2 aromatic carbocycles. The van der Waals surface area contributed by atoms with Crippen LogP contribution < -0.4 is 18.9 Å². The Hall–Kier alpha value is -1.98. The summed E-state index contributed by atoms with van der Waals surface area (Å²) in [5, 5.41) is 0. The molecule has 0 saturated heterocycles. The summed E-state index contributed by atoms with van der Waals surface area (Å²) in [7, 11) is -1.44. The van der Waals surface area contributed by atoms with Gasteiger partial charge >= 0.3 is 6.36 Å². The second kappa shape index (κ2) is 8.36. The fraction of sp³-hybridized carbons (Fsp3) is 0.250. The summed E-state index contributed by atoms with van der Waals surface area (Å²) in [5.41, 5.74) is 0.470. The van der Waals surface area contributed by atoms with Crippen LogP contribution in [0.3, 0.4) is 0 Å². The first kappa shape index (κ1) is 21.3. The Labute approximate surface area is 162 Å². The quantitative estimate of drug-likeness (QED) is 0.666. The van der Waals surface area contributed by atoms with E-state index in [1.807, 2.05) is 0 Å².